The molecule has 0 bridgehead atoms. The standard InChI is InChI=1S/C29H21N3O4S2/c33-26(21-12-6-2-7-13-21)27-25(20-10-4-1-5-11-20)30-29(37-27)31-28(34)22-16-18-23(19-17-22)32-38(35,36)24-14-8-3-9-15-24/h1-19,32H,(H,30,31,34). The number of benzene rings is 4. The van der Waals surface area contributed by atoms with Crippen LogP contribution in [-0.2, 0) is 10.0 Å². The van der Waals surface area contributed by atoms with Crippen molar-refractivity contribution >= 4 is 43.9 Å². The summed E-state index contributed by atoms with van der Waals surface area (Å²) in [7, 11) is -3.75. The summed E-state index contributed by atoms with van der Waals surface area (Å²) < 4.78 is 27.6. The number of nitrogens with one attached hydrogen (secondary N) is 2. The van der Waals surface area contributed by atoms with E-state index in [9.17, 15) is 18.0 Å². The van der Waals surface area contributed by atoms with Gasteiger partial charge in [-0.1, -0.05) is 90.2 Å². The van der Waals surface area contributed by atoms with Crippen LogP contribution in [0.4, 0.5) is 10.8 Å². The van der Waals surface area contributed by atoms with Crippen molar-refractivity contribution < 1.29 is 18.0 Å². The summed E-state index contributed by atoms with van der Waals surface area (Å²) in [4.78, 5) is 31.4. The van der Waals surface area contributed by atoms with E-state index < -0.39 is 15.9 Å². The summed E-state index contributed by atoms with van der Waals surface area (Å²) in [5, 5.41) is 3.05. The summed E-state index contributed by atoms with van der Waals surface area (Å²) in [5.41, 5.74) is 2.41. The van der Waals surface area contributed by atoms with E-state index in [2.05, 4.69) is 15.0 Å². The lowest BCUT2D eigenvalue weighted by molar-refractivity contribution is 0.102. The van der Waals surface area contributed by atoms with E-state index in [0.29, 0.717) is 27.4 Å². The van der Waals surface area contributed by atoms with Crippen LogP contribution in [0.15, 0.2) is 120 Å². The van der Waals surface area contributed by atoms with Gasteiger partial charge in [-0.15, -0.1) is 0 Å². The van der Waals surface area contributed by atoms with Gasteiger partial charge in [-0.3, -0.25) is 19.6 Å². The minimum Gasteiger partial charge on any atom is -0.298 e. The molecular formula is C29H21N3O4S2. The molecule has 7 nitrogen and oxygen atoms in total. The number of rotatable bonds is 8. The van der Waals surface area contributed by atoms with Crippen molar-refractivity contribution in [2.45, 2.75) is 4.90 Å². The second-order valence-electron chi connectivity index (χ2n) is 8.21. The number of anilines is 2. The number of nitrogens with zero attached hydrogens (tertiary/aromatic N) is 1. The van der Waals surface area contributed by atoms with Crippen molar-refractivity contribution in [2.75, 3.05) is 10.0 Å². The van der Waals surface area contributed by atoms with Gasteiger partial charge in [0, 0.05) is 22.4 Å². The van der Waals surface area contributed by atoms with Crippen molar-refractivity contribution in [3.8, 4) is 11.3 Å². The van der Waals surface area contributed by atoms with Crippen LogP contribution in [0.5, 0.6) is 0 Å². The minimum absolute atomic E-state index is 0.140. The first-order valence-corrected chi connectivity index (χ1v) is 13.9. The van der Waals surface area contributed by atoms with Crippen molar-refractivity contribution in [1.29, 1.82) is 0 Å². The van der Waals surface area contributed by atoms with Crippen LogP contribution in [0.1, 0.15) is 25.6 Å². The third-order valence-corrected chi connectivity index (χ3v) is 7.96. The van der Waals surface area contributed by atoms with Gasteiger partial charge in [-0.2, -0.15) is 0 Å². The van der Waals surface area contributed by atoms with Crippen LogP contribution in [0.25, 0.3) is 11.3 Å². The van der Waals surface area contributed by atoms with Gasteiger partial charge in [-0.25, -0.2) is 13.4 Å². The Morgan fingerprint density at radius 3 is 1.89 bits per heavy atom. The second kappa shape index (κ2) is 10.8. The minimum atomic E-state index is -3.75. The molecule has 0 aliphatic carbocycles. The molecule has 2 N–H and O–H groups in total. The topological polar surface area (TPSA) is 105 Å². The highest BCUT2D eigenvalue weighted by molar-refractivity contribution is 7.92. The Balaban J connectivity index is 1.37. The quantitative estimate of drug-likeness (QED) is 0.232. The van der Waals surface area contributed by atoms with Gasteiger partial charge in [0.1, 0.15) is 4.88 Å². The molecule has 5 aromatic rings. The maximum Gasteiger partial charge on any atom is 0.261 e. The molecule has 0 unspecified atom stereocenters. The predicted octanol–water partition coefficient (Wildman–Crippen LogP) is 6.09. The van der Waals surface area contributed by atoms with Gasteiger partial charge in [0.15, 0.2) is 5.13 Å². The lowest BCUT2D eigenvalue weighted by atomic mass is 10.1. The van der Waals surface area contributed by atoms with Crippen molar-refractivity contribution in [2.24, 2.45) is 0 Å². The van der Waals surface area contributed by atoms with E-state index in [-0.39, 0.29) is 15.8 Å². The van der Waals surface area contributed by atoms with Gasteiger partial charge in [-0.05, 0) is 36.4 Å². The lowest BCUT2D eigenvalue weighted by Crippen LogP contribution is -2.14. The molecule has 5 rings (SSSR count). The van der Waals surface area contributed by atoms with E-state index in [0.717, 1.165) is 16.9 Å². The molecule has 0 fully saturated rings. The molecule has 0 atom stereocenters. The Labute approximate surface area is 223 Å². The summed E-state index contributed by atoms with van der Waals surface area (Å²) in [6.07, 6.45) is 0. The zero-order valence-electron chi connectivity index (χ0n) is 19.9. The van der Waals surface area contributed by atoms with Gasteiger partial charge >= 0.3 is 0 Å². The average Bonchev–Trinajstić information content (AvgIpc) is 3.38. The van der Waals surface area contributed by atoms with Gasteiger partial charge < -0.3 is 0 Å². The lowest BCUT2D eigenvalue weighted by Gasteiger charge is -2.08. The zero-order chi connectivity index (χ0) is 26.5. The fraction of sp³-hybridized carbons (Fsp3) is 0. The normalized spacial score (nSPS) is 11.1. The highest BCUT2D eigenvalue weighted by Crippen LogP contribution is 2.33. The van der Waals surface area contributed by atoms with Crippen LogP contribution >= 0.6 is 11.3 Å². The molecule has 0 aliphatic heterocycles. The molecule has 1 heterocycles. The number of hydrogen-bond donors (Lipinski definition) is 2. The summed E-state index contributed by atoms with van der Waals surface area (Å²) >= 11 is 1.10. The van der Waals surface area contributed by atoms with Gasteiger partial charge in [0.05, 0.1) is 10.6 Å². The van der Waals surface area contributed by atoms with Crippen LogP contribution in [-0.4, -0.2) is 25.1 Å². The Hall–Kier alpha value is -4.60. The Bertz CT molecular complexity index is 1690. The third kappa shape index (κ3) is 5.54. The maximum absolute atomic E-state index is 13.3. The van der Waals surface area contributed by atoms with Crippen LogP contribution in [0, 0.1) is 0 Å². The summed E-state index contributed by atoms with van der Waals surface area (Å²) in [6, 6.07) is 32.3. The smallest absolute Gasteiger partial charge is 0.261 e. The number of ketones is 1. The molecule has 0 aliphatic rings. The van der Waals surface area contributed by atoms with E-state index >= 15 is 0 Å². The predicted molar refractivity (Wildman–Crippen MR) is 149 cm³/mol. The molecule has 0 saturated heterocycles. The highest BCUT2D eigenvalue weighted by Gasteiger charge is 2.22. The molecule has 0 saturated carbocycles. The Morgan fingerprint density at radius 2 is 1.26 bits per heavy atom. The molecule has 4 aromatic carbocycles. The Morgan fingerprint density at radius 1 is 0.684 bits per heavy atom. The van der Waals surface area contributed by atoms with E-state index in [1.807, 2.05) is 36.4 Å². The number of carbonyl (C=O) groups is 2. The molecule has 1 aromatic heterocycles. The molecule has 188 valence electrons. The third-order valence-electron chi connectivity index (χ3n) is 5.59. The molecule has 0 spiro atoms. The average molecular weight is 540 g/mol. The number of thiazole rings is 1. The fourth-order valence-corrected chi connectivity index (χ4v) is 5.74. The highest BCUT2D eigenvalue weighted by atomic mass is 32.2. The first-order valence-electron chi connectivity index (χ1n) is 11.6. The number of carbonyl (C=O) groups excluding carboxylic acids is 2. The SMILES string of the molecule is O=C(Nc1nc(-c2ccccc2)c(C(=O)c2ccccc2)s1)c1ccc(NS(=O)(=O)c2ccccc2)cc1. The van der Waals surface area contributed by atoms with Crippen LogP contribution < -0.4 is 10.0 Å². The largest absolute Gasteiger partial charge is 0.298 e. The first-order chi connectivity index (χ1) is 18.4. The number of aromatic nitrogens is 1. The van der Waals surface area contributed by atoms with E-state index in [1.54, 1.807) is 42.5 Å². The molecule has 9 heteroatoms. The molecule has 0 radical (unpaired) electrons. The van der Waals surface area contributed by atoms with Gasteiger partial charge in [0.25, 0.3) is 15.9 Å². The second-order valence-corrected chi connectivity index (χ2v) is 10.9. The fourth-order valence-electron chi connectivity index (χ4n) is 3.71. The molecule has 38 heavy (non-hydrogen) atoms. The summed E-state index contributed by atoms with van der Waals surface area (Å²) in [6.45, 7) is 0. The monoisotopic (exact) mass is 539 g/mol. The molecule has 1 amide bonds. The zero-order valence-corrected chi connectivity index (χ0v) is 21.5. The van der Waals surface area contributed by atoms with Crippen LogP contribution in [0.2, 0.25) is 0 Å². The molecular weight excluding hydrogens is 518 g/mol. The number of hydrogen-bond acceptors (Lipinski definition) is 6. The van der Waals surface area contributed by atoms with E-state index in [4.69, 9.17) is 0 Å². The van der Waals surface area contributed by atoms with Crippen molar-refractivity contribution in [3.05, 3.63) is 131 Å². The number of amides is 1. The maximum atomic E-state index is 13.3. The van der Waals surface area contributed by atoms with Crippen molar-refractivity contribution in [1.82, 2.24) is 4.98 Å². The van der Waals surface area contributed by atoms with Gasteiger partial charge in [0.2, 0.25) is 5.78 Å². The van der Waals surface area contributed by atoms with E-state index in [1.165, 1.54) is 36.4 Å². The Kier molecular flexibility index (Phi) is 7.12. The van der Waals surface area contributed by atoms with Crippen molar-refractivity contribution in [3.63, 3.8) is 0 Å². The number of sulfonamides is 1. The van der Waals surface area contributed by atoms with Crippen LogP contribution in [0.3, 0.4) is 0 Å². The summed E-state index contributed by atoms with van der Waals surface area (Å²) in [5.74, 6) is -0.618. The first kappa shape index (κ1) is 25.1.